The summed E-state index contributed by atoms with van der Waals surface area (Å²) in [5.74, 6) is -1.00. The van der Waals surface area contributed by atoms with Gasteiger partial charge < -0.3 is 10.0 Å². The molecule has 1 aliphatic heterocycles. The Morgan fingerprint density at radius 2 is 2.05 bits per heavy atom. The van der Waals surface area contributed by atoms with E-state index in [9.17, 15) is 9.59 Å². The molecule has 0 radical (unpaired) electrons. The Morgan fingerprint density at radius 3 is 2.58 bits per heavy atom. The lowest BCUT2D eigenvalue weighted by Crippen LogP contribution is -2.45. The molecule has 1 fully saturated rings. The van der Waals surface area contributed by atoms with Crippen LogP contribution in [0.2, 0.25) is 5.02 Å². The molecule has 6 heteroatoms. The van der Waals surface area contributed by atoms with Crippen LogP contribution in [0.1, 0.15) is 30.3 Å². The highest BCUT2D eigenvalue weighted by Crippen LogP contribution is 2.31. The summed E-state index contributed by atoms with van der Waals surface area (Å²) in [4.78, 5) is 28.9. The first-order valence-corrected chi connectivity index (χ1v) is 6.44. The van der Waals surface area contributed by atoms with Gasteiger partial charge in [0.1, 0.15) is 5.69 Å². The first-order chi connectivity index (χ1) is 8.92. The molecular formula is C13H15ClN2O3. The summed E-state index contributed by atoms with van der Waals surface area (Å²) in [6.07, 6.45) is 2.39. The summed E-state index contributed by atoms with van der Waals surface area (Å²) < 4.78 is 0. The van der Waals surface area contributed by atoms with E-state index in [0.717, 1.165) is 0 Å². The van der Waals surface area contributed by atoms with Crippen LogP contribution < -0.4 is 0 Å². The van der Waals surface area contributed by atoms with Gasteiger partial charge in [-0.1, -0.05) is 11.6 Å². The molecule has 1 N–H and O–H groups in total. The molecule has 2 heterocycles. The number of pyridine rings is 1. The third-order valence-electron chi connectivity index (χ3n) is 3.61. The van der Waals surface area contributed by atoms with Gasteiger partial charge in [-0.3, -0.25) is 14.6 Å². The van der Waals surface area contributed by atoms with Crippen LogP contribution in [0, 0.1) is 5.41 Å². The maximum absolute atomic E-state index is 12.2. The molecule has 0 spiro atoms. The van der Waals surface area contributed by atoms with Gasteiger partial charge in [0.15, 0.2) is 0 Å². The quantitative estimate of drug-likeness (QED) is 0.901. The second-order valence-corrected chi connectivity index (χ2v) is 5.45. The minimum Gasteiger partial charge on any atom is -0.481 e. The van der Waals surface area contributed by atoms with Crippen LogP contribution in [0.5, 0.6) is 0 Å². The number of piperidine rings is 1. The number of amides is 1. The normalized spacial score (nSPS) is 18.1. The van der Waals surface area contributed by atoms with Crippen molar-refractivity contribution in [1.29, 1.82) is 0 Å². The summed E-state index contributed by atoms with van der Waals surface area (Å²) >= 11 is 5.83. The van der Waals surface area contributed by atoms with Crippen molar-refractivity contribution in [3.63, 3.8) is 0 Å². The fraction of sp³-hybridized carbons (Fsp3) is 0.462. The number of likely N-dealkylation sites (tertiary alicyclic amines) is 1. The third-order valence-corrected chi connectivity index (χ3v) is 3.85. The van der Waals surface area contributed by atoms with Crippen LogP contribution in [-0.2, 0) is 4.79 Å². The summed E-state index contributed by atoms with van der Waals surface area (Å²) in [5, 5.41) is 9.61. The number of aliphatic carboxylic acids is 1. The van der Waals surface area contributed by atoms with Crippen molar-refractivity contribution < 1.29 is 14.7 Å². The minimum atomic E-state index is -0.805. The Hall–Kier alpha value is -1.62. The number of aromatic nitrogens is 1. The van der Waals surface area contributed by atoms with Crippen molar-refractivity contribution >= 4 is 23.5 Å². The van der Waals surface area contributed by atoms with Crippen LogP contribution in [0.25, 0.3) is 0 Å². The lowest BCUT2D eigenvalue weighted by atomic mass is 9.80. The lowest BCUT2D eigenvalue weighted by molar-refractivity contribution is -0.150. The van der Waals surface area contributed by atoms with Gasteiger partial charge in [-0.15, -0.1) is 0 Å². The average Bonchev–Trinajstić information content (AvgIpc) is 2.38. The second kappa shape index (κ2) is 5.17. The van der Waals surface area contributed by atoms with E-state index < -0.39 is 11.4 Å². The zero-order valence-corrected chi connectivity index (χ0v) is 11.4. The Morgan fingerprint density at radius 1 is 1.42 bits per heavy atom. The molecule has 5 nitrogen and oxygen atoms in total. The largest absolute Gasteiger partial charge is 0.481 e. The predicted molar refractivity (Wildman–Crippen MR) is 70.1 cm³/mol. The van der Waals surface area contributed by atoms with Crippen molar-refractivity contribution in [3.05, 3.63) is 29.0 Å². The molecular weight excluding hydrogens is 268 g/mol. The number of carboxylic acids is 1. The van der Waals surface area contributed by atoms with E-state index in [2.05, 4.69) is 4.98 Å². The zero-order valence-electron chi connectivity index (χ0n) is 10.6. The van der Waals surface area contributed by atoms with E-state index in [-0.39, 0.29) is 5.91 Å². The van der Waals surface area contributed by atoms with E-state index in [1.165, 1.54) is 12.3 Å². The summed E-state index contributed by atoms with van der Waals surface area (Å²) in [6.45, 7) is 2.57. The minimum absolute atomic E-state index is 0.199. The van der Waals surface area contributed by atoms with Crippen LogP contribution in [0.4, 0.5) is 0 Å². The van der Waals surface area contributed by atoms with Gasteiger partial charge >= 0.3 is 5.97 Å². The van der Waals surface area contributed by atoms with Gasteiger partial charge in [0.25, 0.3) is 5.91 Å². The number of rotatable bonds is 2. The number of carbonyl (C=O) groups excluding carboxylic acids is 1. The molecule has 0 aromatic carbocycles. The van der Waals surface area contributed by atoms with Crippen LogP contribution >= 0.6 is 11.6 Å². The molecule has 0 atom stereocenters. The van der Waals surface area contributed by atoms with E-state index in [0.29, 0.717) is 36.6 Å². The molecule has 1 aliphatic rings. The average molecular weight is 283 g/mol. The molecule has 2 rings (SSSR count). The number of carboxylic acid groups (broad SMARTS) is 1. The molecule has 1 aromatic heterocycles. The Balaban J connectivity index is 2.06. The van der Waals surface area contributed by atoms with Crippen molar-refractivity contribution in [2.45, 2.75) is 19.8 Å². The van der Waals surface area contributed by atoms with Gasteiger partial charge in [-0.05, 0) is 31.9 Å². The lowest BCUT2D eigenvalue weighted by Gasteiger charge is -2.36. The van der Waals surface area contributed by atoms with Crippen LogP contribution in [0.3, 0.4) is 0 Å². The standard InChI is InChI=1S/C13H15ClN2O3/c1-13(12(18)19)3-6-16(7-4-13)11(17)10-8-9(14)2-5-15-10/h2,5,8H,3-4,6-7H2,1H3,(H,18,19). The molecule has 0 unspecified atom stereocenters. The smallest absolute Gasteiger partial charge is 0.309 e. The van der Waals surface area contributed by atoms with Crippen molar-refractivity contribution in [2.75, 3.05) is 13.1 Å². The van der Waals surface area contributed by atoms with Gasteiger partial charge in [0.2, 0.25) is 0 Å². The molecule has 102 valence electrons. The number of nitrogens with zero attached hydrogens (tertiary/aromatic N) is 2. The highest BCUT2D eigenvalue weighted by Gasteiger charge is 2.38. The maximum atomic E-state index is 12.2. The molecule has 0 saturated carbocycles. The highest BCUT2D eigenvalue weighted by molar-refractivity contribution is 6.30. The van der Waals surface area contributed by atoms with E-state index in [1.807, 2.05) is 0 Å². The molecule has 0 bridgehead atoms. The molecule has 19 heavy (non-hydrogen) atoms. The van der Waals surface area contributed by atoms with Gasteiger partial charge in [0.05, 0.1) is 5.41 Å². The number of carbonyl (C=O) groups is 2. The van der Waals surface area contributed by atoms with E-state index in [1.54, 1.807) is 17.9 Å². The Bertz CT molecular complexity index is 510. The molecule has 1 amide bonds. The molecule has 0 aliphatic carbocycles. The van der Waals surface area contributed by atoms with Gasteiger partial charge in [-0.2, -0.15) is 0 Å². The second-order valence-electron chi connectivity index (χ2n) is 5.02. The first-order valence-electron chi connectivity index (χ1n) is 6.07. The summed E-state index contributed by atoms with van der Waals surface area (Å²) in [6, 6.07) is 3.13. The van der Waals surface area contributed by atoms with E-state index in [4.69, 9.17) is 16.7 Å². The Labute approximate surface area is 116 Å². The highest BCUT2D eigenvalue weighted by atomic mass is 35.5. The fourth-order valence-electron chi connectivity index (χ4n) is 2.10. The van der Waals surface area contributed by atoms with E-state index >= 15 is 0 Å². The maximum Gasteiger partial charge on any atom is 0.309 e. The summed E-state index contributed by atoms with van der Waals surface area (Å²) in [5.41, 5.74) is -0.440. The topological polar surface area (TPSA) is 70.5 Å². The van der Waals surface area contributed by atoms with Crippen molar-refractivity contribution in [1.82, 2.24) is 9.88 Å². The zero-order chi connectivity index (χ0) is 14.0. The predicted octanol–water partition coefficient (Wildman–Crippen LogP) is 2.06. The fourth-order valence-corrected chi connectivity index (χ4v) is 2.26. The van der Waals surface area contributed by atoms with Gasteiger partial charge in [0, 0.05) is 24.3 Å². The molecule has 1 saturated heterocycles. The van der Waals surface area contributed by atoms with Crippen molar-refractivity contribution in [2.24, 2.45) is 5.41 Å². The van der Waals surface area contributed by atoms with Crippen LogP contribution in [0.15, 0.2) is 18.3 Å². The number of halogens is 1. The Kier molecular flexibility index (Phi) is 3.75. The number of hydrogen-bond donors (Lipinski definition) is 1. The third kappa shape index (κ3) is 2.87. The van der Waals surface area contributed by atoms with Crippen LogP contribution in [-0.4, -0.2) is 40.0 Å². The van der Waals surface area contributed by atoms with Crippen molar-refractivity contribution in [3.8, 4) is 0 Å². The first kappa shape index (κ1) is 13.8. The number of hydrogen-bond acceptors (Lipinski definition) is 3. The monoisotopic (exact) mass is 282 g/mol. The molecule has 1 aromatic rings. The summed E-state index contributed by atoms with van der Waals surface area (Å²) in [7, 11) is 0. The van der Waals surface area contributed by atoms with Gasteiger partial charge in [-0.25, -0.2) is 0 Å². The SMILES string of the molecule is CC1(C(=O)O)CCN(C(=O)c2cc(Cl)ccn2)CC1.